The minimum Gasteiger partial charge on any atom is -0.339 e. The van der Waals surface area contributed by atoms with Crippen LogP contribution in [-0.2, 0) is 4.79 Å². The van der Waals surface area contributed by atoms with E-state index in [9.17, 15) is 9.59 Å². The molecule has 1 heterocycles. The highest BCUT2D eigenvalue weighted by Crippen LogP contribution is 2.24. The first kappa shape index (κ1) is 17.8. The summed E-state index contributed by atoms with van der Waals surface area (Å²) in [5, 5.41) is 3.19. The zero-order chi connectivity index (χ0) is 14.5. The van der Waals surface area contributed by atoms with Gasteiger partial charge in [0.2, 0.25) is 5.91 Å². The van der Waals surface area contributed by atoms with Crippen molar-refractivity contribution < 1.29 is 9.59 Å². The van der Waals surface area contributed by atoms with E-state index in [1.54, 1.807) is 23.1 Å². The monoisotopic (exact) mass is 331 g/mol. The van der Waals surface area contributed by atoms with Crippen LogP contribution in [0.1, 0.15) is 29.6 Å². The fourth-order valence-electron chi connectivity index (χ4n) is 2.24. The van der Waals surface area contributed by atoms with Gasteiger partial charge in [0.1, 0.15) is 0 Å². The van der Waals surface area contributed by atoms with Crippen LogP contribution in [0.4, 0.5) is 5.69 Å². The molecule has 0 atom stereocenters. The first-order chi connectivity index (χ1) is 9.61. The molecule has 2 rings (SSSR count). The predicted molar refractivity (Wildman–Crippen MR) is 86.1 cm³/mol. The molecular weight excluding hydrogens is 313 g/mol. The Balaban J connectivity index is 0.00000220. The van der Waals surface area contributed by atoms with Crippen molar-refractivity contribution in [1.82, 2.24) is 4.90 Å². The van der Waals surface area contributed by atoms with Crippen molar-refractivity contribution >= 4 is 41.5 Å². The lowest BCUT2D eigenvalue weighted by molar-refractivity contribution is -0.116. The Hall–Kier alpha value is -1.30. The summed E-state index contributed by atoms with van der Waals surface area (Å²) in [6.07, 6.45) is 2.25. The third-order valence-corrected chi connectivity index (χ3v) is 3.49. The number of nitrogens with two attached hydrogens (primary N) is 1. The molecular formula is C14H19Cl2N3O2. The van der Waals surface area contributed by atoms with E-state index in [0.29, 0.717) is 16.3 Å². The molecule has 21 heavy (non-hydrogen) atoms. The van der Waals surface area contributed by atoms with Crippen LogP contribution < -0.4 is 11.1 Å². The normalized spacial score (nSPS) is 13.7. The molecule has 3 N–H and O–H groups in total. The van der Waals surface area contributed by atoms with Gasteiger partial charge in [-0.15, -0.1) is 12.4 Å². The third kappa shape index (κ3) is 4.59. The number of likely N-dealkylation sites (tertiary alicyclic amines) is 1. The number of anilines is 1. The summed E-state index contributed by atoms with van der Waals surface area (Å²) >= 11 is 5.96. The molecule has 7 heteroatoms. The van der Waals surface area contributed by atoms with E-state index in [0.717, 1.165) is 25.9 Å². The van der Waals surface area contributed by atoms with E-state index in [-0.39, 0.29) is 37.2 Å². The predicted octanol–water partition coefficient (Wildman–Crippen LogP) is 2.29. The van der Waals surface area contributed by atoms with Crippen LogP contribution in [0.3, 0.4) is 0 Å². The number of rotatable bonds is 4. The van der Waals surface area contributed by atoms with Crippen molar-refractivity contribution in [1.29, 1.82) is 0 Å². The third-order valence-electron chi connectivity index (χ3n) is 3.25. The molecule has 0 unspecified atom stereocenters. The summed E-state index contributed by atoms with van der Waals surface area (Å²) in [5.74, 6) is -0.293. The van der Waals surface area contributed by atoms with Crippen LogP contribution >= 0.6 is 24.0 Å². The number of halogens is 2. The second kappa shape index (κ2) is 8.22. The lowest BCUT2D eigenvalue weighted by atomic mass is 10.1. The number of amides is 2. The van der Waals surface area contributed by atoms with Crippen molar-refractivity contribution in [2.75, 3.05) is 25.0 Å². The lowest BCUT2D eigenvalue weighted by Gasteiger charge is -2.18. The lowest BCUT2D eigenvalue weighted by Crippen LogP contribution is -2.29. The number of hydrogen-bond acceptors (Lipinski definition) is 3. The van der Waals surface area contributed by atoms with Gasteiger partial charge in [-0.25, -0.2) is 0 Å². The summed E-state index contributed by atoms with van der Waals surface area (Å²) < 4.78 is 0. The van der Waals surface area contributed by atoms with Crippen molar-refractivity contribution in [2.24, 2.45) is 5.73 Å². The van der Waals surface area contributed by atoms with Crippen LogP contribution in [0.5, 0.6) is 0 Å². The average Bonchev–Trinajstić information content (AvgIpc) is 2.94. The van der Waals surface area contributed by atoms with Gasteiger partial charge in [-0.05, 0) is 31.0 Å². The fourth-order valence-corrected chi connectivity index (χ4v) is 2.41. The molecule has 0 aliphatic carbocycles. The Bertz CT molecular complexity index is 517. The van der Waals surface area contributed by atoms with Gasteiger partial charge in [0.05, 0.1) is 11.3 Å². The van der Waals surface area contributed by atoms with E-state index in [2.05, 4.69) is 5.32 Å². The Morgan fingerprint density at radius 2 is 1.95 bits per heavy atom. The molecule has 0 bridgehead atoms. The summed E-state index contributed by atoms with van der Waals surface area (Å²) in [7, 11) is 0. The zero-order valence-corrected chi connectivity index (χ0v) is 13.2. The minimum atomic E-state index is -0.203. The van der Waals surface area contributed by atoms with Crippen LogP contribution in [0.15, 0.2) is 18.2 Å². The maximum atomic E-state index is 12.5. The number of hydrogen-bond donors (Lipinski definition) is 2. The highest BCUT2D eigenvalue weighted by molar-refractivity contribution is 6.31. The van der Waals surface area contributed by atoms with Gasteiger partial charge < -0.3 is 16.0 Å². The maximum Gasteiger partial charge on any atom is 0.256 e. The quantitative estimate of drug-likeness (QED) is 0.888. The van der Waals surface area contributed by atoms with E-state index in [1.165, 1.54) is 0 Å². The Morgan fingerprint density at radius 1 is 1.29 bits per heavy atom. The molecule has 1 fully saturated rings. The van der Waals surface area contributed by atoms with Crippen molar-refractivity contribution in [3.8, 4) is 0 Å². The first-order valence-corrected chi connectivity index (χ1v) is 7.08. The SMILES string of the molecule is Cl.NCCC(=O)Nc1ccc(Cl)cc1C(=O)N1CCCC1. The summed E-state index contributed by atoms with van der Waals surface area (Å²) in [6.45, 7) is 1.78. The topological polar surface area (TPSA) is 75.4 Å². The van der Waals surface area contributed by atoms with E-state index < -0.39 is 0 Å². The highest BCUT2D eigenvalue weighted by atomic mass is 35.5. The highest BCUT2D eigenvalue weighted by Gasteiger charge is 2.22. The summed E-state index contributed by atoms with van der Waals surface area (Å²) in [4.78, 5) is 25.9. The molecule has 2 amide bonds. The molecule has 116 valence electrons. The smallest absolute Gasteiger partial charge is 0.256 e. The number of nitrogens with zero attached hydrogens (tertiary/aromatic N) is 1. The molecule has 0 saturated carbocycles. The summed E-state index contributed by atoms with van der Waals surface area (Å²) in [6, 6.07) is 4.90. The molecule has 0 aromatic heterocycles. The van der Waals surface area contributed by atoms with Crippen molar-refractivity contribution in [3.63, 3.8) is 0 Å². The molecule has 1 aromatic rings. The Morgan fingerprint density at radius 3 is 2.57 bits per heavy atom. The first-order valence-electron chi connectivity index (χ1n) is 6.70. The number of carbonyl (C=O) groups excluding carboxylic acids is 2. The zero-order valence-electron chi connectivity index (χ0n) is 11.6. The van der Waals surface area contributed by atoms with E-state index >= 15 is 0 Å². The van der Waals surface area contributed by atoms with Gasteiger partial charge >= 0.3 is 0 Å². The fraction of sp³-hybridized carbons (Fsp3) is 0.429. The van der Waals surface area contributed by atoms with Crippen LogP contribution in [0.25, 0.3) is 0 Å². The molecule has 1 aromatic carbocycles. The molecule has 1 saturated heterocycles. The number of benzene rings is 1. The molecule has 5 nitrogen and oxygen atoms in total. The number of nitrogens with one attached hydrogen (secondary N) is 1. The van der Waals surface area contributed by atoms with Gasteiger partial charge in [-0.1, -0.05) is 11.6 Å². The minimum absolute atomic E-state index is 0. The largest absolute Gasteiger partial charge is 0.339 e. The van der Waals surface area contributed by atoms with Gasteiger partial charge in [0, 0.05) is 31.1 Å². The number of carbonyl (C=O) groups is 2. The molecule has 0 spiro atoms. The summed E-state index contributed by atoms with van der Waals surface area (Å²) in [5.41, 5.74) is 6.27. The standard InChI is InChI=1S/C14H18ClN3O2.ClH/c15-10-3-4-12(17-13(19)5-6-16)11(9-10)14(20)18-7-1-2-8-18;/h3-4,9H,1-2,5-8,16H2,(H,17,19);1H. The van der Waals surface area contributed by atoms with Gasteiger partial charge in [0.15, 0.2) is 0 Å². The van der Waals surface area contributed by atoms with Gasteiger partial charge in [0.25, 0.3) is 5.91 Å². The van der Waals surface area contributed by atoms with Crippen LogP contribution in [-0.4, -0.2) is 36.3 Å². The molecule has 1 aliphatic rings. The van der Waals surface area contributed by atoms with Gasteiger partial charge in [-0.2, -0.15) is 0 Å². The Labute approximate surface area is 135 Å². The average molecular weight is 332 g/mol. The van der Waals surface area contributed by atoms with Crippen LogP contribution in [0.2, 0.25) is 5.02 Å². The molecule has 1 aliphatic heterocycles. The van der Waals surface area contributed by atoms with E-state index in [4.69, 9.17) is 17.3 Å². The Kier molecular flexibility index (Phi) is 6.95. The second-order valence-corrected chi connectivity index (χ2v) is 5.21. The van der Waals surface area contributed by atoms with Crippen molar-refractivity contribution in [3.05, 3.63) is 28.8 Å². The van der Waals surface area contributed by atoms with Crippen molar-refractivity contribution in [2.45, 2.75) is 19.3 Å². The second-order valence-electron chi connectivity index (χ2n) is 4.78. The van der Waals surface area contributed by atoms with E-state index in [1.807, 2.05) is 0 Å². The van der Waals surface area contributed by atoms with Gasteiger partial charge in [-0.3, -0.25) is 9.59 Å². The maximum absolute atomic E-state index is 12.5. The molecule has 0 radical (unpaired) electrons. The van der Waals surface area contributed by atoms with Crippen LogP contribution in [0, 0.1) is 0 Å².